The average molecular weight is 219 g/mol. The van der Waals surface area contributed by atoms with Crippen molar-refractivity contribution < 1.29 is 14.4 Å². The molecule has 1 N–H and O–H groups in total. The third kappa shape index (κ3) is 3.00. The summed E-state index contributed by atoms with van der Waals surface area (Å²) < 4.78 is 5.31. The molecule has 1 heterocycles. The molecule has 0 spiro atoms. The van der Waals surface area contributed by atoms with Crippen LogP contribution in [0, 0.1) is 0 Å². The molecule has 84 valence electrons. The number of hydrogen-bond acceptors (Lipinski definition) is 3. The van der Waals surface area contributed by atoms with E-state index in [1.807, 2.05) is 18.2 Å². The largest absolute Gasteiger partial charge is 0.370 e. The van der Waals surface area contributed by atoms with E-state index in [2.05, 4.69) is 11.1 Å². The molecule has 0 aliphatic carbocycles. The van der Waals surface area contributed by atoms with Gasteiger partial charge in [0.05, 0.1) is 18.9 Å². The third-order valence-electron chi connectivity index (χ3n) is 2.74. The molecule has 4 nitrogen and oxygen atoms in total. The Balaban J connectivity index is 2.02. The van der Waals surface area contributed by atoms with Crippen LogP contribution in [0.4, 0.5) is 5.69 Å². The van der Waals surface area contributed by atoms with Crippen molar-refractivity contribution in [2.45, 2.75) is 6.54 Å². The molecule has 1 aromatic rings. The van der Waals surface area contributed by atoms with E-state index < -0.39 is 0 Å². The number of morpholine rings is 1. The maximum atomic E-state index is 10.2. The van der Waals surface area contributed by atoms with Crippen molar-refractivity contribution in [1.29, 1.82) is 0 Å². The van der Waals surface area contributed by atoms with Crippen molar-refractivity contribution in [2.24, 2.45) is 4.99 Å². The summed E-state index contributed by atoms with van der Waals surface area (Å²) in [5.74, 6) is 0. The van der Waals surface area contributed by atoms with Crippen molar-refractivity contribution in [1.82, 2.24) is 0 Å². The molecule has 0 amide bonds. The van der Waals surface area contributed by atoms with Gasteiger partial charge in [-0.3, -0.25) is 0 Å². The minimum atomic E-state index is 0.681. The summed E-state index contributed by atoms with van der Waals surface area (Å²) in [5, 5.41) is 0. The van der Waals surface area contributed by atoms with Crippen molar-refractivity contribution >= 4 is 11.8 Å². The molecule has 0 atom stereocenters. The molecule has 1 aromatic carbocycles. The predicted molar refractivity (Wildman–Crippen MR) is 59.4 cm³/mol. The molecule has 0 unspecified atom stereocenters. The van der Waals surface area contributed by atoms with Gasteiger partial charge >= 0.3 is 0 Å². The first-order valence-corrected chi connectivity index (χ1v) is 5.46. The maximum absolute atomic E-state index is 10.2. The fourth-order valence-corrected chi connectivity index (χ4v) is 1.91. The van der Waals surface area contributed by atoms with E-state index in [1.165, 1.54) is 10.5 Å². The number of benzene rings is 1. The summed E-state index contributed by atoms with van der Waals surface area (Å²) in [7, 11) is 0. The fourth-order valence-electron chi connectivity index (χ4n) is 1.91. The van der Waals surface area contributed by atoms with Crippen LogP contribution < -0.4 is 4.90 Å². The number of aliphatic imine (C=N–C) groups is 1. The van der Waals surface area contributed by atoms with Gasteiger partial charge in [0.25, 0.3) is 0 Å². The van der Waals surface area contributed by atoms with Crippen molar-refractivity contribution in [2.75, 3.05) is 26.3 Å². The molecular weight excluding hydrogens is 204 g/mol. The first-order chi connectivity index (χ1) is 7.88. The van der Waals surface area contributed by atoms with Crippen LogP contribution in [0.1, 0.15) is 5.56 Å². The smallest absolute Gasteiger partial charge is 0.240 e. The Hall–Kier alpha value is -1.48. The molecule has 1 saturated heterocycles. The lowest BCUT2D eigenvalue weighted by Gasteiger charge is -2.23. The van der Waals surface area contributed by atoms with Crippen LogP contribution in [0.25, 0.3) is 0 Å². The zero-order chi connectivity index (χ0) is 11.2. The van der Waals surface area contributed by atoms with Crippen LogP contribution in [0.2, 0.25) is 0 Å². The highest BCUT2D eigenvalue weighted by atomic mass is 16.5. The highest BCUT2D eigenvalue weighted by Gasteiger charge is 2.13. The van der Waals surface area contributed by atoms with Crippen molar-refractivity contribution in [3.63, 3.8) is 0 Å². The van der Waals surface area contributed by atoms with E-state index in [9.17, 15) is 4.79 Å². The first-order valence-electron chi connectivity index (χ1n) is 5.46. The first kappa shape index (κ1) is 11.0. The summed E-state index contributed by atoms with van der Waals surface area (Å²) in [6.45, 7) is 4.72. The minimum Gasteiger partial charge on any atom is -0.370 e. The van der Waals surface area contributed by atoms with E-state index in [1.54, 1.807) is 6.08 Å². The van der Waals surface area contributed by atoms with Gasteiger partial charge in [-0.25, -0.2) is 4.79 Å². The standard InChI is InChI=1S/C12H14N2O2/c15-10-13-12-3-1-2-11(8-12)9-14-4-6-16-7-5-14/h1-3,8H,4-7,9H2/p+1. The van der Waals surface area contributed by atoms with Crippen LogP contribution in [0.3, 0.4) is 0 Å². The number of ether oxygens (including phenoxy) is 1. The number of isocyanates is 1. The molecule has 1 aliphatic rings. The van der Waals surface area contributed by atoms with Gasteiger partial charge in [-0.2, -0.15) is 4.99 Å². The van der Waals surface area contributed by atoms with Gasteiger partial charge in [0.15, 0.2) is 0 Å². The molecule has 2 rings (SSSR count). The Morgan fingerprint density at radius 1 is 1.38 bits per heavy atom. The quantitative estimate of drug-likeness (QED) is 0.577. The fraction of sp³-hybridized carbons (Fsp3) is 0.417. The number of carbonyl (C=O) groups excluding carboxylic acids is 1. The van der Waals surface area contributed by atoms with Crippen LogP contribution >= 0.6 is 0 Å². The highest BCUT2D eigenvalue weighted by Crippen LogP contribution is 2.12. The summed E-state index contributed by atoms with van der Waals surface area (Å²) in [6.07, 6.45) is 1.56. The third-order valence-corrected chi connectivity index (χ3v) is 2.74. The number of quaternary nitrogens is 1. The van der Waals surface area contributed by atoms with E-state index in [0.717, 1.165) is 32.8 Å². The van der Waals surface area contributed by atoms with Gasteiger partial charge in [0.1, 0.15) is 19.6 Å². The summed E-state index contributed by atoms with van der Waals surface area (Å²) in [5.41, 5.74) is 1.88. The molecule has 0 radical (unpaired) electrons. The van der Waals surface area contributed by atoms with Crippen molar-refractivity contribution in [3.8, 4) is 0 Å². The van der Waals surface area contributed by atoms with Crippen LogP contribution in [-0.2, 0) is 16.1 Å². The molecule has 16 heavy (non-hydrogen) atoms. The van der Waals surface area contributed by atoms with Gasteiger partial charge in [-0.1, -0.05) is 12.1 Å². The second kappa shape index (κ2) is 5.56. The van der Waals surface area contributed by atoms with Gasteiger partial charge in [0.2, 0.25) is 6.08 Å². The Labute approximate surface area is 94.5 Å². The number of nitrogens with zero attached hydrogens (tertiary/aromatic N) is 1. The number of hydrogen-bond donors (Lipinski definition) is 1. The maximum Gasteiger partial charge on any atom is 0.240 e. The van der Waals surface area contributed by atoms with Gasteiger partial charge in [0, 0.05) is 5.56 Å². The topological polar surface area (TPSA) is 43.1 Å². The van der Waals surface area contributed by atoms with Crippen molar-refractivity contribution in [3.05, 3.63) is 29.8 Å². The molecule has 4 heteroatoms. The highest BCUT2D eigenvalue weighted by molar-refractivity contribution is 5.49. The van der Waals surface area contributed by atoms with Gasteiger partial charge < -0.3 is 9.64 Å². The van der Waals surface area contributed by atoms with E-state index in [0.29, 0.717) is 5.69 Å². The summed E-state index contributed by atoms with van der Waals surface area (Å²) in [6, 6.07) is 7.73. The zero-order valence-corrected chi connectivity index (χ0v) is 9.11. The van der Waals surface area contributed by atoms with Crippen LogP contribution in [-0.4, -0.2) is 32.4 Å². The lowest BCUT2D eigenvalue weighted by Crippen LogP contribution is -3.12. The lowest BCUT2D eigenvalue weighted by molar-refractivity contribution is -0.921. The number of rotatable bonds is 3. The normalized spacial score (nSPS) is 16.8. The zero-order valence-electron chi connectivity index (χ0n) is 9.11. The molecule has 0 aromatic heterocycles. The monoisotopic (exact) mass is 219 g/mol. The summed E-state index contributed by atoms with van der Waals surface area (Å²) >= 11 is 0. The summed E-state index contributed by atoms with van der Waals surface area (Å²) in [4.78, 5) is 15.3. The molecule has 1 fully saturated rings. The van der Waals surface area contributed by atoms with Crippen LogP contribution in [0.15, 0.2) is 29.3 Å². The lowest BCUT2D eigenvalue weighted by atomic mass is 10.2. The molecule has 0 bridgehead atoms. The Morgan fingerprint density at radius 3 is 2.94 bits per heavy atom. The average Bonchev–Trinajstić information content (AvgIpc) is 2.31. The molecular formula is C12H15N2O2+. The Kier molecular flexibility index (Phi) is 3.83. The van der Waals surface area contributed by atoms with E-state index >= 15 is 0 Å². The molecule has 1 aliphatic heterocycles. The minimum absolute atomic E-state index is 0.681. The predicted octanol–water partition coefficient (Wildman–Crippen LogP) is 0.0690. The second-order valence-electron chi connectivity index (χ2n) is 3.91. The Bertz CT molecular complexity index is 394. The Morgan fingerprint density at radius 2 is 2.19 bits per heavy atom. The molecule has 0 saturated carbocycles. The van der Waals surface area contributed by atoms with E-state index in [-0.39, 0.29) is 0 Å². The van der Waals surface area contributed by atoms with Crippen LogP contribution in [0.5, 0.6) is 0 Å². The van der Waals surface area contributed by atoms with Gasteiger partial charge in [-0.15, -0.1) is 0 Å². The number of nitrogens with one attached hydrogen (secondary N) is 1. The van der Waals surface area contributed by atoms with E-state index in [4.69, 9.17) is 4.74 Å². The second-order valence-corrected chi connectivity index (χ2v) is 3.91. The SMILES string of the molecule is O=C=Nc1cccc(C[NH+]2CCOCC2)c1. The van der Waals surface area contributed by atoms with Gasteiger partial charge in [-0.05, 0) is 12.1 Å².